The van der Waals surface area contributed by atoms with Crippen LogP contribution < -0.4 is 0 Å². The van der Waals surface area contributed by atoms with E-state index in [1.165, 1.54) is 0 Å². The molecule has 1 heterocycles. The molecule has 5 heteroatoms. The molecule has 1 unspecified atom stereocenters. The molecule has 1 N–H and O–H groups in total. The first-order valence-corrected chi connectivity index (χ1v) is 4.74. The van der Waals surface area contributed by atoms with E-state index < -0.39 is 11.1 Å². The molecule has 0 bridgehead atoms. The van der Waals surface area contributed by atoms with Crippen LogP contribution in [0.2, 0.25) is 0 Å². The maximum atomic E-state index is 11.2. The molecule has 1 fully saturated rings. The fraction of sp³-hybridized carbons (Fsp3) is 0.857. The topological polar surface area (TPSA) is 55.8 Å². The zero-order valence-corrected chi connectivity index (χ0v) is 7.89. The zero-order chi connectivity index (χ0) is 9.19. The first-order chi connectivity index (χ1) is 5.54. The lowest BCUT2D eigenvalue weighted by Gasteiger charge is -2.19. The lowest BCUT2D eigenvalue weighted by Crippen LogP contribution is -2.37. The fourth-order valence-corrected chi connectivity index (χ4v) is 1.58. The minimum absolute atomic E-state index is 0.230. The number of ether oxygens (including phenoxy) is 2. The molecule has 0 aromatic rings. The van der Waals surface area contributed by atoms with Crippen LogP contribution in [-0.4, -0.2) is 34.7 Å². The number of thioether (sulfide) groups is 1. The molecule has 0 aromatic carbocycles. The normalized spacial score (nSPS) is 29.3. The van der Waals surface area contributed by atoms with Gasteiger partial charge in [0.25, 0.3) is 0 Å². The Hall–Kier alpha value is -0.260. The summed E-state index contributed by atoms with van der Waals surface area (Å²) in [5.74, 6) is -0.0936. The van der Waals surface area contributed by atoms with Crippen molar-refractivity contribution in [2.24, 2.45) is 0 Å². The summed E-state index contributed by atoms with van der Waals surface area (Å²) in [5, 5.41) is 7.72. The molecule has 70 valence electrons. The standard InChI is InChI=1S/C7H12O4S/c1-5(2)11-6(8)7(9)10-3-4-12-7/h5,9H,3-4H2,1-2H3. The Morgan fingerprint density at radius 3 is 2.83 bits per heavy atom. The number of carbonyl (C=O) groups is 1. The predicted molar refractivity (Wildman–Crippen MR) is 44.6 cm³/mol. The number of aliphatic hydroxyl groups is 1. The van der Waals surface area contributed by atoms with E-state index in [4.69, 9.17) is 9.47 Å². The van der Waals surface area contributed by atoms with E-state index in [-0.39, 0.29) is 6.10 Å². The van der Waals surface area contributed by atoms with Gasteiger partial charge in [-0.25, -0.2) is 4.79 Å². The van der Waals surface area contributed by atoms with Crippen molar-refractivity contribution in [3.8, 4) is 0 Å². The first-order valence-electron chi connectivity index (χ1n) is 3.76. The molecule has 0 aromatic heterocycles. The summed E-state index contributed by atoms with van der Waals surface area (Å²) in [5.41, 5.74) is 0. The van der Waals surface area contributed by atoms with E-state index in [9.17, 15) is 9.90 Å². The van der Waals surface area contributed by atoms with Crippen molar-refractivity contribution in [1.29, 1.82) is 0 Å². The Balaban J connectivity index is 2.50. The lowest BCUT2D eigenvalue weighted by atomic mass is 10.5. The Labute approximate surface area is 75.2 Å². The van der Waals surface area contributed by atoms with Gasteiger partial charge in [0.15, 0.2) is 0 Å². The summed E-state index contributed by atoms with van der Waals surface area (Å²) in [6.45, 7) is 3.83. The number of rotatable bonds is 2. The third kappa shape index (κ3) is 2.12. The second kappa shape index (κ2) is 3.64. The number of carbonyl (C=O) groups excluding carboxylic acids is 1. The number of esters is 1. The summed E-state index contributed by atoms with van der Waals surface area (Å²) in [6, 6.07) is 0. The average molecular weight is 192 g/mol. The molecule has 1 aliphatic rings. The van der Waals surface area contributed by atoms with Crippen LogP contribution in [0.4, 0.5) is 0 Å². The highest BCUT2D eigenvalue weighted by Gasteiger charge is 2.44. The molecule has 1 rings (SSSR count). The maximum absolute atomic E-state index is 11.2. The monoisotopic (exact) mass is 192 g/mol. The van der Waals surface area contributed by atoms with E-state index in [1.807, 2.05) is 0 Å². The van der Waals surface area contributed by atoms with Gasteiger partial charge in [-0.15, -0.1) is 0 Å². The highest BCUT2D eigenvalue weighted by Crippen LogP contribution is 2.31. The van der Waals surface area contributed by atoms with Gasteiger partial charge in [0, 0.05) is 5.75 Å². The third-order valence-electron chi connectivity index (χ3n) is 1.28. The van der Waals surface area contributed by atoms with Gasteiger partial charge >= 0.3 is 11.1 Å². The Bertz CT molecular complexity index is 174. The van der Waals surface area contributed by atoms with E-state index in [0.717, 1.165) is 11.8 Å². The van der Waals surface area contributed by atoms with Crippen LogP contribution >= 0.6 is 11.8 Å². The predicted octanol–water partition coefficient (Wildman–Crippen LogP) is 0.348. The van der Waals surface area contributed by atoms with Crippen LogP contribution in [-0.2, 0) is 14.3 Å². The van der Waals surface area contributed by atoms with Crippen molar-refractivity contribution in [3.63, 3.8) is 0 Å². The van der Waals surface area contributed by atoms with Crippen molar-refractivity contribution in [2.75, 3.05) is 12.4 Å². The Kier molecular flexibility index (Phi) is 2.98. The van der Waals surface area contributed by atoms with Gasteiger partial charge in [0.1, 0.15) is 0 Å². The van der Waals surface area contributed by atoms with Crippen LogP contribution in [0.3, 0.4) is 0 Å². The van der Waals surface area contributed by atoms with E-state index in [2.05, 4.69) is 0 Å². The summed E-state index contributed by atoms with van der Waals surface area (Å²) >= 11 is 1.05. The van der Waals surface area contributed by atoms with Crippen molar-refractivity contribution in [2.45, 2.75) is 25.1 Å². The fourth-order valence-electron chi connectivity index (χ4n) is 0.808. The van der Waals surface area contributed by atoms with Crippen LogP contribution in [0.1, 0.15) is 13.8 Å². The maximum Gasteiger partial charge on any atom is 0.378 e. The van der Waals surface area contributed by atoms with Crippen LogP contribution in [0.25, 0.3) is 0 Å². The van der Waals surface area contributed by atoms with Gasteiger partial charge in [-0.2, -0.15) is 0 Å². The molecule has 0 radical (unpaired) electrons. The van der Waals surface area contributed by atoms with Crippen LogP contribution in [0, 0.1) is 0 Å². The van der Waals surface area contributed by atoms with Gasteiger partial charge in [-0.3, -0.25) is 0 Å². The molecule has 1 atom stereocenters. The van der Waals surface area contributed by atoms with Gasteiger partial charge < -0.3 is 14.6 Å². The van der Waals surface area contributed by atoms with E-state index in [0.29, 0.717) is 12.4 Å². The summed E-state index contributed by atoms with van der Waals surface area (Å²) < 4.78 is 9.65. The number of hydrogen-bond acceptors (Lipinski definition) is 5. The average Bonchev–Trinajstić information content (AvgIpc) is 2.36. The summed E-state index contributed by atoms with van der Waals surface area (Å²) in [4.78, 5) is 11.2. The summed E-state index contributed by atoms with van der Waals surface area (Å²) in [7, 11) is 0. The Morgan fingerprint density at radius 2 is 2.42 bits per heavy atom. The summed E-state index contributed by atoms with van der Waals surface area (Å²) in [6.07, 6.45) is -0.230. The van der Waals surface area contributed by atoms with E-state index >= 15 is 0 Å². The lowest BCUT2D eigenvalue weighted by molar-refractivity contribution is -0.192. The van der Waals surface area contributed by atoms with Crippen molar-refractivity contribution in [1.82, 2.24) is 0 Å². The van der Waals surface area contributed by atoms with Gasteiger partial charge in [0.2, 0.25) is 0 Å². The first kappa shape index (κ1) is 9.83. The molecular weight excluding hydrogens is 180 g/mol. The minimum atomic E-state index is -1.76. The van der Waals surface area contributed by atoms with Crippen molar-refractivity contribution in [3.05, 3.63) is 0 Å². The SMILES string of the molecule is CC(C)OC(=O)C1(O)OCCS1. The largest absolute Gasteiger partial charge is 0.458 e. The van der Waals surface area contributed by atoms with Crippen molar-refractivity contribution >= 4 is 17.7 Å². The van der Waals surface area contributed by atoms with E-state index in [1.54, 1.807) is 13.8 Å². The van der Waals surface area contributed by atoms with Crippen LogP contribution in [0.5, 0.6) is 0 Å². The molecular formula is C7H12O4S. The molecule has 0 spiro atoms. The Morgan fingerprint density at radius 1 is 1.75 bits per heavy atom. The van der Waals surface area contributed by atoms with Crippen LogP contribution in [0.15, 0.2) is 0 Å². The second-order valence-corrected chi connectivity index (χ2v) is 3.98. The third-order valence-corrected chi connectivity index (χ3v) is 2.33. The van der Waals surface area contributed by atoms with Gasteiger partial charge in [-0.05, 0) is 13.8 Å². The molecule has 0 saturated carbocycles. The quantitative estimate of drug-likeness (QED) is 0.640. The molecule has 4 nitrogen and oxygen atoms in total. The molecule has 12 heavy (non-hydrogen) atoms. The number of hydrogen-bond donors (Lipinski definition) is 1. The molecule has 1 aliphatic heterocycles. The molecule has 0 aliphatic carbocycles. The minimum Gasteiger partial charge on any atom is -0.458 e. The molecule has 0 amide bonds. The highest BCUT2D eigenvalue weighted by molar-refractivity contribution is 8.01. The zero-order valence-electron chi connectivity index (χ0n) is 7.07. The smallest absolute Gasteiger partial charge is 0.378 e. The van der Waals surface area contributed by atoms with Crippen molar-refractivity contribution < 1.29 is 19.4 Å². The second-order valence-electron chi connectivity index (χ2n) is 2.73. The van der Waals surface area contributed by atoms with Gasteiger partial charge in [0.05, 0.1) is 12.7 Å². The highest BCUT2D eigenvalue weighted by atomic mass is 32.2. The van der Waals surface area contributed by atoms with Gasteiger partial charge in [-0.1, -0.05) is 11.8 Å². The molecule has 1 saturated heterocycles.